The number of nitrogens with zero attached hydrogens (tertiary/aromatic N) is 1. The Bertz CT molecular complexity index is 667. The first-order valence-corrected chi connectivity index (χ1v) is 9.80. The third-order valence-corrected chi connectivity index (χ3v) is 5.74. The largest absolute Gasteiger partial charge is 0.532 e. The normalized spacial score (nSPS) is 22.9. The van der Waals surface area contributed by atoms with Crippen molar-refractivity contribution in [1.82, 2.24) is 4.90 Å². The molecule has 1 aromatic heterocycles. The van der Waals surface area contributed by atoms with Gasteiger partial charge in [0.2, 0.25) is 0 Å². The fraction of sp³-hybridized carbons (Fsp3) is 0.750. The Labute approximate surface area is 162 Å². The third kappa shape index (κ3) is 4.35. The summed E-state index contributed by atoms with van der Waals surface area (Å²) >= 11 is 0. The molecule has 0 saturated carbocycles. The van der Waals surface area contributed by atoms with Gasteiger partial charge >= 0.3 is 13.2 Å². The lowest BCUT2D eigenvalue weighted by atomic mass is 9.84. The zero-order valence-corrected chi connectivity index (χ0v) is 17.6. The highest BCUT2D eigenvalue weighted by Gasteiger charge is 2.53. The van der Waals surface area contributed by atoms with Crippen LogP contribution in [0.3, 0.4) is 0 Å². The van der Waals surface area contributed by atoms with Gasteiger partial charge in [0.25, 0.3) is 0 Å². The zero-order chi connectivity index (χ0) is 20.0. The number of hydrogen-bond donors (Lipinski definition) is 0. The predicted octanol–water partition coefficient (Wildman–Crippen LogP) is 3.69. The van der Waals surface area contributed by atoms with Crippen LogP contribution in [0.4, 0.5) is 4.79 Å². The maximum absolute atomic E-state index is 12.2. The molecule has 2 aliphatic rings. The molecule has 3 rings (SSSR count). The maximum Gasteiger partial charge on any atom is 0.532 e. The van der Waals surface area contributed by atoms with Crippen LogP contribution in [-0.2, 0) is 14.0 Å². The molecule has 7 heteroatoms. The molecule has 1 amide bonds. The van der Waals surface area contributed by atoms with Gasteiger partial charge in [-0.15, -0.1) is 0 Å². The summed E-state index contributed by atoms with van der Waals surface area (Å²) in [4.78, 5) is 14.0. The first kappa shape index (κ1) is 20.3. The highest BCUT2D eigenvalue weighted by Crippen LogP contribution is 2.37. The molecule has 3 heterocycles. The van der Waals surface area contributed by atoms with Gasteiger partial charge in [0.05, 0.1) is 17.5 Å². The summed E-state index contributed by atoms with van der Waals surface area (Å²) in [5.41, 5.74) is 0.616. The van der Waals surface area contributed by atoms with E-state index in [1.54, 1.807) is 11.2 Å². The number of carbonyl (C=O) groups excluding carboxylic acids is 1. The molecule has 27 heavy (non-hydrogen) atoms. The molecule has 150 valence electrons. The second-order valence-corrected chi connectivity index (χ2v) is 9.61. The van der Waals surface area contributed by atoms with E-state index >= 15 is 0 Å². The Kier molecular flexibility index (Phi) is 5.14. The predicted molar refractivity (Wildman–Crippen MR) is 104 cm³/mol. The molecule has 0 unspecified atom stereocenters. The highest BCUT2D eigenvalue weighted by molar-refractivity contribution is 6.60. The lowest BCUT2D eigenvalue weighted by Gasteiger charge is -2.33. The zero-order valence-electron chi connectivity index (χ0n) is 17.6. The molecule has 1 aromatic rings. The van der Waals surface area contributed by atoms with Gasteiger partial charge in [-0.3, -0.25) is 0 Å². The Morgan fingerprint density at radius 3 is 2.22 bits per heavy atom. The number of furan rings is 1. The van der Waals surface area contributed by atoms with Gasteiger partial charge < -0.3 is 23.4 Å². The molecule has 2 fully saturated rings. The molecule has 0 aromatic carbocycles. The minimum Gasteiger partial charge on any atom is -0.473 e. The molecule has 0 radical (unpaired) electrons. The van der Waals surface area contributed by atoms with Crippen molar-refractivity contribution >= 4 is 18.9 Å². The van der Waals surface area contributed by atoms with Gasteiger partial charge in [-0.1, -0.05) is 0 Å². The van der Waals surface area contributed by atoms with Crippen molar-refractivity contribution in [3.05, 3.63) is 17.9 Å². The first-order valence-electron chi connectivity index (χ1n) is 9.80. The third-order valence-electron chi connectivity index (χ3n) is 5.74. The summed E-state index contributed by atoms with van der Waals surface area (Å²) in [6.45, 7) is 15.2. The fourth-order valence-electron chi connectivity index (χ4n) is 3.39. The van der Waals surface area contributed by atoms with Crippen LogP contribution in [0, 0.1) is 0 Å². The van der Waals surface area contributed by atoms with E-state index in [9.17, 15) is 4.79 Å². The summed E-state index contributed by atoms with van der Waals surface area (Å²) in [5, 5.41) is 0. The molecular formula is C20H32BNO5. The highest BCUT2D eigenvalue weighted by atomic mass is 16.7. The Hall–Kier alpha value is -1.47. The van der Waals surface area contributed by atoms with Gasteiger partial charge in [0.1, 0.15) is 11.3 Å². The van der Waals surface area contributed by atoms with Crippen LogP contribution >= 0.6 is 0 Å². The SMILES string of the molecule is CC(C)(C)OC(=O)N1CCC(c2coc(B3OC(C)(C)C(C)(C)O3)c2)CC1. The van der Waals surface area contributed by atoms with Crippen LogP contribution in [0.25, 0.3) is 0 Å². The van der Waals surface area contributed by atoms with Crippen molar-refractivity contribution in [1.29, 1.82) is 0 Å². The summed E-state index contributed by atoms with van der Waals surface area (Å²) in [6, 6.07) is 2.04. The molecule has 0 bridgehead atoms. The van der Waals surface area contributed by atoms with Crippen molar-refractivity contribution in [3.63, 3.8) is 0 Å². The van der Waals surface area contributed by atoms with Gasteiger partial charge in [-0.2, -0.15) is 0 Å². The Morgan fingerprint density at radius 1 is 1.15 bits per heavy atom. The smallest absolute Gasteiger partial charge is 0.473 e. The minimum absolute atomic E-state index is 0.231. The summed E-state index contributed by atoms with van der Waals surface area (Å²) in [7, 11) is -0.481. The number of carbonyl (C=O) groups is 1. The lowest BCUT2D eigenvalue weighted by molar-refractivity contribution is 0.00578. The van der Waals surface area contributed by atoms with Crippen molar-refractivity contribution < 1.29 is 23.3 Å². The standard InChI is InChI=1S/C20H32BNO5/c1-18(2,3)25-17(23)22-10-8-14(9-11-22)15-12-16(24-13-15)21-26-19(4,5)20(6,7)27-21/h12-14H,8-11H2,1-7H3. The number of amides is 1. The molecular weight excluding hydrogens is 345 g/mol. The average Bonchev–Trinajstić information content (AvgIpc) is 3.09. The second kappa shape index (κ2) is 6.85. The van der Waals surface area contributed by atoms with Crippen LogP contribution in [0.2, 0.25) is 0 Å². The summed E-state index contributed by atoms with van der Waals surface area (Å²) in [5.74, 6) is 0.364. The molecule has 2 aliphatic heterocycles. The maximum atomic E-state index is 12.2. The molecule has 6 nitrogen and oxygen atoms in total. The van der Waals surface area contributed by atoms with E-state index in [1.165, 1.54) is 0 Å². The van der Waals surface area contributed by atoms with Gasteiger partial charge in [0, 0.05) is 13.1 Å². The van der Waals surface area contributed by atoms with Crippen molar-refractivity contribution in [2.75, 3.05) is 13.1 Å². The van der Waals surface area contributed by atoms with Crippen LogP contribution in [-0.4, -0.2) is 48.0 Å². The number of rotatable bonds is 2. The van der Waals surface area contributed by atoms with E-state index in [-0.39, 0.29) is 17.3 Å². The van der Waals surface area contributed by atoms with Crippen LogP contribution in [0.1, 0.15) is 72.8 Å². The second-order valence-electron chi connectivity index (χ2n) is 9.61. The van der Waals surface area contributed by atoms with E-state index < -0.39 is 12.7 Å². The molecule has 2 saturated heterocycles. The van der Waals surface area contributed by atoms with Crippen LogP contribution < -0.4 is 5.66 Å². The number of likely N-dealkylation sites (tertiary alicyclic amines) is 1. The Morgan fingerprint density at radius 2 is 1.70 bits per heavy atom. The molecule has 0 aliphatic carbocycles. The quantitative estimate of drug-likeness (QED) is 0.736. The van der Waals surface area contributed by atoms with Crippen molar-refractivity contribution in [2.45, 2.75) is 84.0 Å². The van der Waals surface area contributed by atoms with Crippen LogP contribution in [0.15, 0.2) is 16.7 Å². The van der Waals surface area contributed by atoms with Gasteiger partial charge in [-0.05, 0) is 78.9 Å². The Balaban J connectivity index is 1.58. The van der Waals surface area contributed by atoms with Gasteiger partial charge in [-0.25, -0.2) is 4.79 Å². The minimum atomic E-state index is -0.481. The number of piperidine rings is 1. The first-order chi connectivity index (χ1) is 12.4. The molecule has 0 atom stereocenters. The van der Waals surface area contributed by atoms with Crippen molar-refractivity contribution in [3.8, 4) is 0 Å². The topological polar surface area (TPSA) is 61.1 Å². The van der Waals surface area contributed by atoms with Crippen LogP contribution in [0.5, 0.6) is 0 Å². The van der Waals surface area contributed by atoms with E-state index in [0.29, 0.717) is 24.7 Å². The van der Waals surface area contributed by atoms with Crippen molar-refractivity contribution in [2.24, 2.45) is 0 Å². The summed E-state index contributed by atoms with van der Waals surface area (Å²) in [6.07, 6.45) is 3.35. The van der Waals surface area contributed by atoms with E-state index in [0.717, 1.165) is 18.4 Å². The molecule has 0 spiro atoms. The average molecular weight is 377 g/mol. The lowest BCUT2D eigenvalue weighted by Crippen LogP contribution is -2.41. The summed E-state index contributed by atoms with van der Waals surface area (Å²) < 4.78 is 23.4. The van der Waals surface area contributed by atoms with E-state index in [4.69, 9.17) is 18.5 Å². The van der Waals surface area contributed by atoms with E-state index in [1.807, 2.05) is 54.5 Å². The van der Waals surface area contributed by atoms with E-state index in [2.05, 4.69) is 0 Å². The number of ether oxygens (including phenoxy) is 1. The monoisotopic (exact) mass is 377 g/mol. The molecule has 0 N–H and O–H groups in total. The fourth-order valence-corrected chi connectivity index (χ4v) is 3.39. The van der Waals surface area contributed by atoms with Gasteiger partial charge in [0.15, 0.2) is 0 Å². The number of hydrogen-bond acceptors (Lipinski definition) is 5.